The van der Waals surface area contributed by atoms with E-state index in [0.29, 0.717) is 22.6 Å². The smallest absolute Gasteiger partial charge is 0.343 e. The van der Waals surface area contributed by atoms with Gasteiger partial charge in [-0.3, -0.25) is 4.79 Å². The van der Waals surface area contributed by atoms with Gasteiger partial charge in [0.2, 0.25) is 0 Å². The fraction of sp³-hybridized carbons (Fsp3) is 0.0870. The van der Waals surface area contributed by atoms with Crippen LogP contribution in [0.2, 0.25) is 0 Å². The molecule has 0 saturated heterocycles. The number of carbonyl (C=O) groups is 2. The van der Waals surface area contributed by atoms with Gasteiger partial charge in [-0.25, -0.2) is 10.2 Å². The molecule has 7 nitrogen and oxygen atoms in total. The Bertz CT molecular complexity index is 1020. The number of esters is 1. The minimum Gasteiger partial charge on any atom is -0.493 e. The van der Waals surface area contributed by atoms with Gasteiger partial charge in [0.25, 0.3) is 5.91 Å². The molecule has 0 heterocycles. The zero-order chi connectivity index (χ0) is 21.2. The molecule has 0 unspecified atom stereocenters. The van der Waals surface area contributed by atoms with Crippen molar-refractivity contribution in [3.8, 4) is 17.2 Å². The number of hydrogen-bond acceptors (Lipinski definition) is 6. The van der Waals surface area contributed by atoms with Gasteiger partial charge in [-0.2, -0.15) is 5.10 Å². The molecule has 0 aliphatic heterocycles. The molecule has 152 valence electrons. The average molecular weight is 404 g/mol. The molecule has 0 saturated carbocycles. The number of carbonyl (C=O) groups excluding carboxylic acids is 2. The Morgan fingerprint density at radius 3 is 2.33 bits per heavy atom. The van der Waals surface area contributed by atoms with Crippen molar-refractivity contribution in [2.45, 2.75) is 0 Å². The molecule has 3 aromatic carbocycles. The highest BCUT2D eigenvalue weighted by Crippen LogP contribution is 2.28. The highest BCUT2D eigenvalue weighted by Gasteiger charge is 2.12. The summed E-state index contributed by atoms with van der Waals surface area (Å²) in [6.45, 7) is -0.154. The van der Waals surface area contributed by atoms with E-state index >= 15 is 0 Å². The molecular formula is C23H20N2O5. The van der Waals surface area contributed by atoms with Crippen LogP contribution in [-0.2, 0) is 4.79 Å². The van der Waals surface area contributed by atoms with Gasteiger partial charge in [0, 0.05) is 0 Å². The molecule has 3 aromatic rings. The Morgan fingerprint density at radius 1 is 0.933 bits per heavy atom. The SMILES string of the molecule is COc1cc(/C=N\NC(=O)COc2ccccc2)ccc1OC(=O)c1ccccc1. The Kier molecular flexibility index (Phi) is 7.16. The van der Waals surface area contributed by atoms with Crippen LogP contribution in [-0.4, -0.2) is 31.8 Å². The molecule has 30 heavy (non-hydrogen) atoms. The van der Waals surface area contributed by atoms with Gasteiger partial charge in [0.05, 0.1) is 18.9 Å². The zero-order valence-corrected chi connectivity index (χ0v) is 16.3. The lowest BCUT2D eigenvalue weighted by Crippen LogP contribution is -2.24. The maximum absolute atomic E-state index is 12.2. The van der Waals surface area contributed by atoms with E-state index in [4.69, 9.17) is 14.2 Å². The van der Waals surface area contributed by atoms with Gasteiger partial charge in [-0.05, 0) is 48.0 Å². The highest BCUT2D eigenvalue weighted by molar-refractivity contribution is 5.91. The van der Waals surface area contributed by atoms with Crippen LogP contribution < -0.4 is 19.6 Å². The van der Waals surface area contributed by atoms with Crippen molar-refractivity contribution in [3.05, 3.63) is 90.0 Å². The van der Waals surface area contributed by atoms with E-state index < -0.39 is 11.9 Å². The molecule has 0 aromatic heterocycles. The van der Waals surface area contributed by atoms with Crippen molar-refractivity contribution in [2.24, 2.45) is 5.10 Å². The van der Waals surface area contributed by atoms with Gasteiger partial charge in [-0.1, -0.05) is 36.4 Å². The quantitative estimate of drug-likeness (QED) is 0.269. The number of nitrogens with one attached hydrogen (secondary N) is 1. The van der Waals surface area contributed by atoms with Crippen molar-refractivity contribution in [2.75, 3.05) is 13.7 Å². The summed E-state index contributed by atoms with van der Waals surface area (Å²) in [5.41, 5.74) is 3.47. The summed E-state index contributed by atoms with van der Waals surface area (Å²) in [4.78, 5) is 24.0. The summed E-state index contributed by atoms with van der Waals surface area (Å²) < 4.78 is 16.0. The minimum absolute atomic E-state index is 0.154. The van der Waals surface area contributed by atoms with Crippen molar-refractivity contribution in [1.82, 2.24) is 5.43 Å². The summed E-state index contributed by atoms with van der Waals surface area (Å²) in [6, 6.07) is 22.6. The van der Waals surface area contributed by atoms with Gasteiger partial charge in [-0.15, -0.1) is 0 Å². The van der Waals surface area contributed by atoms with Crippen LogP contribution in [0.15, 0.2) is 84.0 Å². The summed E-state index contributed by atoms with van der Waals surface area (Å²) in [7, 11) is 1.47. The molecule has 0 aliphatic carbocycles. The van der Waals surface area contributed by atoms with Gasteiger partial charge in [0.1, 0.15) is 5.75 Å². The Labute approximate surface area is 173 Å². The third kappa shape index (κ3) is 5.93. The molecule has 0 aliphatic rings. The van der Waals surface area contributed by atoms with Crippen LogP contribution in [0.1, 0.15) is 15.9 Å². The normalized spacial score (nSPS) is 10.4. The molecule has 0 atom stereocenters. The summed E-state index contributed by atoms with van der Waals surface area (Å²) in [5.74, 6) is 0.365. The van der Waals surface area contributed by atoms with E-state index in [0.717, 1.165) is 0 Å². The van der Waals surface area contributed by atoms with Gasteiger partial charge in [0.15, 0.2) is 18.1 Å². The number of rotatable bonds is 8. The van der Waals surface area contributed by atoms with Crippen molar-refractivity contribution < 1.29 is 23.8 Å². The highest BCUT2D eigenvalue weighted by atomic mass is 16.6. The van der Waals surface area contributed by atoms with Gasteiger partial charge < -0.3 is 14.2 Å². The zero-order valence-electron chi connectivity index (χ0n) is 16.3. The van der Waals surface area contributed by atoms with E-state index in [1.807, 2.05) is 24.3 Å². The van der Waals surface area contributed by atoms with Gasteiger partial charge >= 0.3 is 5.97 Å². The first-order valence-electron chi connectivity index (χ1n) is 9.11. The molecule has 0 spiro atoms. The van der Waals surface area contributed by atoms with Crippen molar-refractivity contribution in [3.63, 3.8) is 0 Å². The lowest BCUT2D eigenvalue weighted by Gasteiger charge is -2.10. The van der Waals surface area contributed by atoms with Crippen LogP contribution in [0.25, 0.3) is 0 Å². The summed E-state index contributed by atoms with van der Waals surface area (Å²) in [6.07, 6.45) is 1.45. The lowest BCUT2D eigenvalue weighted by atomic mass is 10.2. The number of benzene rings is 3. The van der Waals surface area contributed by atoms with E-state index in [9.17, 15) is 9.59 Å². The second-order valence-electron chi connectivity index (χ2n) is 6.06. The maximum atomic E-state index is 12.2. The number of ether oxygens (including phenoxy) is 3. The number of amides is 1. The minimum atomic E-state index is -0.485. The summed E-state index contributed by atoms with van der Waals surface area (Å²) in [5, 5.41) is 3.90. The number of para-hydroxylation sites is 1. The van der Waals surface area contributed by atoms with Crippen LogP contribution in [0.4, 0.5) is 0 Å². The number of hydrogen-bond donors (Lipinski definition) is 1. The lowest BCUT2D eigenvalue weighted by molar-refractivity contribution is -0.123. The van der Waals surface area contributed by atoms with E-state index in [1.54, 1.807) is 54.6 Å². The van der Waals surface area contributed by atoms with Crippen LogP contribution in [0.5, 0.6) is 17.2 Å². The number of methoxy groups -OCH3 is 1. The predicted molar refractivity (Wildman–Crippen MR) is 112 cm³/mol. The number of hydrazone groups is 1. The molecule has 1 amide bonds. The molecule has 3 rings (SSSR count). The van der Waals surface area contributed by atoms with Crippen LogP contribution in [0.3, 0.4) is 0 Å². The predicted octanol–water partition coefficient (Wildman–Crippen LogP) is 3.44. The number of nitrogens with zero attached hydrogens (tertiary/aromatic N) is 1. The fourth-order valence-electron chi connectivity index (χ4n) is 2.46. The monoisotopic (exact) mass is 404 g/mol. The van der Waals surface area contributed by atoms with E-state index in [1.165, 1.54) is 13.3 Å². The molecule has 0 fully saturated rings. The van der Waals surface area contributed by atoms with E-state index in [2.05, 4.69) is 10.5 Å². The largest absolute Gasteiger partial charge is 0.493 e. The second kappa shape index (κ2) is 10.4. The first-order valence-corrected chi connectivity index (χ1v) is 9.11. The topological polar surface area (TPSA) is 86.2 Å². The Morgan fingerprint density at radius 2 is 1.63 bits per heavy atom. The first kappa shape index (κ1) is 20.6. The Hall–Kier alpha value is -4.13. The van der Waals surface area contributed by atoms with Crippen LogP contribution >= 0.6 is 0 Å². The van der Waals surface area contributed by atoms with E-state index in [-0.39, 0.29) is 12.4 Å². The molecule has 0 bridgehead atoms. The van der Waals surface area contributed by atoms with Crippen molar-refractivity contribution >= 4 is 18.1 Å². The van der Waals surface area contributed by atoms with Crippen LogP contribution in [0, 0.1) is 0 Å². The third-order valence-electron chi connectivity index (χ3n) is 3.92. The Balaban J connectivity index is 1.56. The first-order chi connectivity index (χ1) is 14.7. The maximum Gasteiger partial charge on any atom is 0.343 e. The third-order valence-corrected chi connectivity index (χ3v) is 3.92. The van der Waals surface area contributed by atoms with Crippen molar-refractivity contribution in [1.29, 1.82) is 0 Å². The average Bonchev–Trinajstić information content (AvgIpc) is 2.79. The molecule has 1 N–H and O–H groups in total. The fourth-order valence-corrected chi connectivity index (χ4v) is 2.46. The molecular weight excluding hydrogens is 384 g/mol. The standard InChI is InChI=1S/C23H20N2O5/c1-28-21-14-17(12-13-20(21)30-23(27)18-8-4-2-5-9-18)15-24-25-22(26)16-29-19-10-6-3-7-11-19/h2-15H,16H2,1H3,(H,25,26)/b24-15-. The summed E-state index contributed by atoms with van der Waals surface area (Å²) >= 11 is 0. The second-order valence-corrected chi connectivity index (χ2v) is 6.06. The molecule has 0 radical (unpaired) electrons. The molecule has 7 heteroatoms.